The molecule has 1 N–H and O–H groups in total. The molecule has 0 aromatic rings. The van der Waals surface area contributed by atoms with Gasteiger partial charge in [0, 0.05) is 31.7 Å². The van der Waals surface area contributed by atoms with E-state index < -0.39 is 9.84 Å². The molecule has 0 radical (unpaired) electrons. The van der Waals surface area contributed by atoms with E-state index in [-0.39, 0.29) is 23.5 Å². The molecule has 3 aliphatic rings. The summed E-state index contributed by atoms with van der Waals surface area (Å²) in [6.07, 6.45) is 3.86. The van der Waals surface area contributed by atoms with Crippen LogP contribution in [0.5, 0.6) is 0 Å². The minimum atomic E-state index is -2.87. The van der Waals surface area contributed by atoms with Gasteiger partial charge in [-0.1, -0.05) is 0 Å². The van der Waals surface area contributed by atoms with Crippen molar-refractivity contribution in [2.24, 2.45) is 11.8 Å². The number of carbonyl (C=O) groups excluding carboxylic acids is 1. The molecule has 0 bridgehead atoms. The molecule has 2 atom stereocenters. The van der Waals surface area contributed by atoms with Gasteiger partial charge in [0.1, 0.15) is 0 Å². The van der Waals surface area contributed by atoms with Crippen molar-refractivity contribution in [1.82, 2.24) is 10.2 Å². The van der Waals surface area contributed by atoms with Gasteiger partial charge in [0.25, 0.3) is 0 Å². The number of nitrogens with one attached hydrogen (secondary N) is 1. The van der Waals surface area contributed by atoms with Gasteiger partial charge >= 0.3 is 6.03 Å². The van der Waals surface area contributed by atoms with Crippen LogP contribution < -0.4 is 5.32 Å². The predicted molar refractivity (Wildman–Crippen MR) is 78.8 cm³/mol. The average Bonchev–Trinajstić information content (AvgIpc) is 3.03. The number of nitrogens with zero attached hydrogens (tertiary/aromatic N) is 1. The van der Waals surface area contributed by atoms with E-state index in [0.29, 0.717) is 24.9 Å². The monoisotopic (exact) mass is 316 g/mol. The van der Waals surface area contributed by atoms with Crippen molar-refractivity contribution in [3.05, 3.63) is 0 Å². The van der Waals surface area contributed by atoms with Crippen molar-refractivity contribution in [3.8, 4) is 0 Å². The number of sulfone groups is 1. The summed E-state index contributed by atoms with van der Waals surface area (Å²) >= 11 is 0. The van der Waals surface area contributed by atoms with Crippen molar-refractivity contribution in [2.45, 2.75) is 31.7 Å². The van der Waals surface area contributed by atoms with Gasteiger partial charge in [-0.3, -0.25) is 0 Å². The molecule has 0 aromatic heterocycles. The smallest absolute Gasteiger partial charge is 0.317 e. The van der Waals surface area contributed by atoms with Crippen LogP contribution in [0.15, 0.2) is 0 Å². The first kappa shape index (κ1) is 15.1. The van der Waals surface area contributed by atoms with E-state index in [0.717, 1.165) is 39.0 Å². The van der Waals surface area contributed by atoms with Gasteiger partial charge in [0.05, 0.1) is 18.1 Å². The Bertz CT molecular complexity index is 483. The third kappa shape index (κ3) is 4.10. The number of carbonyl (C=O) groups is 1. The Hall–Kier alpha value is -0.820. The highest BCUT2D eigenvalue weighted by atomic mass is 32.2. The van der Waals surface area contributed by atoms with E-state index in [9.17, 15) is 13.2 Å². The van der Waals surface area contributed by atoms with Crippen LogP contribution in [0.1, 0.15) is 25.7 Å². The lowest BCUT2D eigenvalue weighted by molar-refractivity contribution is 0.161. The van der Waals surface area contributed by atoms with Crippen LogP contribution in [0.3, 0.4) is 0 Å². The molecule has 2 aliphatic heterocycles. The van der Waals surface area contributed by atoms with Crippen LogP contribution in [-0.2, 0) is 14.6 Å². The molecule has 2 heterocycles. The minimum Gasteiger partial charge on any atom is -0.381 e. The van der Waals surface area contributed by atoms with Crippen molar-refractivity contribution in [1.29, 1.82) is 0 Å². The molecule has 6 nitrogen and oxygen atoms in total. The second-order valence-electron chi connectivity index (χ2n) is 6.57. The van der Waals surface area contributed by atoms with Crippen molar-refractivity contribution >= 4 is 15.9 Å². The Morgan fingerprint density at radius 2 is 2.00 bits per heavy atom. The number of hydrogen-bond donors (Lipinski definition) is 1. The molecule has 0 aromatic carbocycles. The molecule has 0 unspecified atom stereocenters. The fraction of sp³-hybridized carbons (Fsp3) is 0.929. The summed E-state index contributed by atoms with van der Waals surface area (Å²) in [5, 5.41) is 2.94. The number of ether oxygens (including phenoxy) is 1. The van der Waals surface area contributed by atoms with Crippen LogP contribution in [0.4, 0.5) is 4.79 Å². The highest BCUT2D eigenvalue weighted by Crippen LogP contribution is 2.29. The lowest BCUT2D eigenvalue weighted by atomic mass is 10.1. The highest BCUT2D eigenvalue weighted by Gasteiger charge is 2.35. The molecular weight excluding hydrogens is 292 g/mol. The minimum absolute atomic E-state index is 0.0336. The van der Waals surface area contributed by atoms with Gasteiger partial charge in [-0.05, 0) is 31.6 Å². The number of amides is 2. The molecule has 3 fully saturated rings. The van der Waals surface area contributed by atoms with Crippen LogP contribution in [0.25, 0.3) is 0 Å². The third-order valence-electron chi connectivity index (χ3n) is 4.60. The van der Waals surface area contributed by atoms with Gasteiger partial charge in [-0.15, -0.1) is 0 Å². The maximum absolute atomic E-state index is 12.4. The summed E-state index contributed by atoms with van der Waals surface area (Å²) in [6.45, 7) is 2.78. The van der Waals surface area contributed by atoms with Crippen molar-refractivity contribution in [3.63, 3.8) is 0 Å². The summed E-state index contributed by atoms with van der Waals surface area (Å²) in [4.78, 5) is 14.3. The fourth-order valence-electron chi connectivity index (χ4n) is 3.16. The fourth-order valence-corrected chi connectivity index (χ4v) is 5.02. The molecule has 1 aliphatic carbocycles. The third-order valence-corrected chi connectivity index (χ3v) is 6.43. The summed E-state index contributed by atoms with van der Waals surface area (Å²) in [6, 6.07) is 0.339. The van der Waals surface area contributed by atoms with E-state index >= 15 is 0 Å². The van der Waals surface area contributed by atoms with E-state index in [4.69, 9.17) is 4.74 Å². The zero-order chi connectivity index (χ0) is 14.9. The molecule has 2 amide bonds. The molecule has 21 heavy (non-hydrogen) atoms. The van der Waals surface area contributed by atoms with Crippen LogP contribution >= 0.6 is 0 Å². The molecular formula is C14H24N2O4S. The topological polar surface area (TPSA) is 75.7 Å². The Morgan fingerprint density at radius 3 is 2.57 bits per heavy atom. The Morgan fingerprint density at radius 1 is 1.19 bits per heavy atom. The first-order valence-corrected chi connectivity index (χ1v) is 9.68. The summed E-state index contributed by atoms with van der Waals surface area (Å²) in [5.41, 5.74) is 0. The average molecular weight is 316 g/mol. The van der Waals surface area contributed by atoms with Gasteiger partial charge < -0.3 is 15.0 Å². The second kappa shape index (κ2) is 6.12. The van der Waals surface area contributed by atoms with E-state index in [1.807, 2.05) is 4.90 Å². The van der Waals surface area contributed by atoms with Gasteiger partial charge in [0.2, 0.25) is 0 Å². The van der Waals surface area contributed by atoms with E-state index in [2.05, 4.69) is 5.32 Å². The second-order valence-corrected chi connectivity index (χ2v) is 8.80. The van der Waals surface area contributed by atoms with Gasteiger partial charge in [0.15, 0.2) is 9.84 Å². The molecule has 2 saturated heterocycles. The zero-order valence-corrected chi connectivity index (χ0v) is 13.1. The van der Waals surface area contributed by atoms with E-state index in [1.54, 1.807) is 0 Å². The van der Waals surface area contributed by atoms with Crippen LogP contribution in [0, 0.1) is 11.8 Å². The van der Waals surface area contributed by atoms with Gasteiger partial charge in [-0.2, -0.15) is 0 Å². The highest BCUT2D eigenvalue weighted by molar-refractivity contribution is 7.91. The molecule has 3 rings (SSSR count). The first-order valence-electron chi connectivity index (χ1n) is 7.86. The van der Waals surface area contributed by atoms with E-state index in [1.165, 1.54) is 0 Å². The normalized spacial score (nSPS) is 31.2. The zero-order valence-electron chi connectivity index (χ0n) is 12.3. The summed E-state index contributed by atoms with van der Waals surface area (Å²) < 4.78 is 28.2. The Balaban J connectivity index is 1.48. The summed E-state index contributed by atoms with van der Waals surface area (Å²) in [7, 11) is -2.87. The Kier molecular flexibility index (Phi) is 4.40. The van der Waals surface area contributed by atoms with Crippen molar-refractivity contribution < 1.29 is 17.9 Å². The SMILES string of the molecule is O=C(NC[C@@H]1CCS(=O)(=O)C1)N(C[C@H]1CCOC1)C1CC1. The number of urea groups is 1. The number of rotatable bonds is 5. The van der Waals surface area contributed by atoms with Crippen LogP contribution in [-0.4, -0.2) is 63.2 Å². The first-order chi connectivity index (χ1) is 10.0. The predicted octanol–water partition coefficient (Wildman–Crippen LogP) is 0.632. The van der Waals surface area contributed by atoms with Gasteiger partial charge in [-0.25, -0.2) is 13.2 Å². The molecule has 120 valence electrons. The van der Waals surface area contributed by atoms with Crippen LogP contribution in [0.2, 0.25) is 0 Å². The maximum Gasteiger partial charge on any atom is 0.317 e. The largest absolute Gasteiger partial charge is 0.381 e. The maximum atomic E-state index is 12.4. The lowest BCUT2D eigenvalue weighted by Crippen LogP contribution is -2.45. The van der Waals surface area contributed by atoms with Crippen molar-refractivity contribution in [2.75, 3.05) is 37.8 Å². The summed E-state index contributed by atoms with van der Waals surface area (Å²) in [5.74, 6) is 1.00. The molecule has 0 spiro atoms. The molecule has 7 heteroatoms. The number of hydrogen-bond acceptors (Lipinski definition) is 4. The quantitative estimate of drug-likeness (QED) is 0.807. The lowest BCUT2D eigenvalue weighted by Gasteiger charge is -2.26. The standard InChI is InChI=1S/C14H24N2O4S/c17-14(15-7-11-4-6-21(18,19)10-11)16(13-1-2-13)8-12-3-5-20-9-12/h11-13H,1-10H2,(H,15,17)/t11-,12+/m0/s1. The molecule has 1 saturated carbocycles. The Labute approximate surface area is 126 Å².